The van der Waals surface area contributed by atoms with Gasteiger partial charge in [0.2, 0.25) is 0 Å². The maximum absolute atomic E-state index is 7.52. The lowest BCUT2D eigenvalue weighted by molar-refractivity contribution is -0.899. The van der Waals surface area contributed by atoms with Gasteiger partial charge >= 0.3 is 0 Å². The molecule has 0 aromatic heterocycles. The van der Waals surface area contributed by atoms with E-state index in [0.717, 1.165) is 7.11 Å². The largest absolute Gasteiger partial charge is 0.219 e. The molecule has 0 atom stereocenters. The van der Waals surface area contributed by atoms with Gasteiger partial charge in [0, 0.05) is 30.2 Å². The Morgan fingerprint density at radius 3 is 0.720 bits per heavy atom. The van der Waals surface area contributed by atoms with Crippen LogP contribution in [0.25, 0.3) is 0 Å². The van der Waals surface area contributed by atoms with Crippen LogP contribution in [0, 0.1) is 0 Å². The van der Waals surface area contributed by atoms with Gasteiger partial charge in [-0.25, -0.2) is 10.1 Å². The third-order valence-electron chi connectivity index (χ3n) is 0.654. The monoisotopic (exact) mass is 400 g/mol. The molecule has 25 heavy (non-hydrogen) atoms. The lowest BCUT2D eigenvalue weighted by Crippen LogP contribution is -2.05. The zero-order chi connectivity index (χ0) is 18.3. The molecule has 0 amide bonds. The molecule has 0 saturated heterocycles. The van der Waals surface area contributed by atoms with Gasteiger partial charge in [-0.2, -0.15) is 0 Å². The summed E-state index contributed by atoms with van der Waals surface area (Å²) < 4.78 is 0. The van der Waals surface area contributed by atoms with Crippen molar-refractivity contribution in [2.24, 2.45) is 0 Å². The Balaban J connectivity index is 2.94. The second kappa shape index (κ2) is 23.0. The fourth-order valence-electron chi connectivity index (χ4n) is 0.256. The van der Waals surface area contributed by atoms with E-state index in [1.165, 1.54) is 0 Å². The van der Waals surface area contributed by atoms with Crippen LogP contribution in [-0.4, -0.2) is 12.4 Å². The lowest BCUT2D eigenvalue weighted by Gasteiger charge is -1.99. The quantitative estimate of drug-likeness (QED) is 0.125. The molecule has 0 rings (SSSR count). The molecule has 1 N–H and O–H groups in total. The summed E-state index contributed by atoms with van der Waals surface area (Å²) >= 11 is 0. The molecule has 24 nitrogen and oxygen atoms in total. The standard InChI is InChI=1S/CH4O24/c1-3-5-7-9-11-13-15-17-19-21-23-25-24-22-20-18-16-14-12-10-8-6-4-2/h2H,1H3. The summed E-state index contributed by atoms with van der Waals surface area (Å²) in [6, 6.07) is 0. The van der Waals surface area contributed by atoms with Crippen LogP contribution in [-0.2, 0) is 116 Å². The van der Waals surface area contributed by atoms with Crippen molar-refractivity contribution < 1.29 is 121 Å². The minimum absolute atomic E-state index is 1.09. The van der Waals surface area contributed by atoms with Crippen molar-refractivity contribution in [2.45, 2.75) is 0 Å². The van der Waals surface area contributed by atoms with Gasteiger partial charge in [-0.3, -0.25) is 0 Å². The van der Waals surface area contributed by atoms with Gasteiger partial charge in [-0.05, 0) is 80.6 Å². The molecule has 0 aliphatic heterocycles. The minimum Gasteiger partial charge on any atom is -0.219 e. The Kier molecular flexibility index (Phi) is 22.2. The van der Waals surface area contributed by atoms with Gasteiger partial charge in [0.15, 0.2) is 0 Å². The highest BCUT2D eigenvalue weighted by molar-refractivity contribution is 3.35. The first-order chi connectivity index (χ1) is 12.4. The summed E-state index contributed by atoms with van der Waals surface area (Å²) in [5, 5.41) is 83.5. The van der Waals surface area contributed by atoms with Gasteiger partial charge in [0.05, 0.1) is 7.11 Å². The summed E-state index contributed by atoms with van der Waals surface area (Å²) in [5.74, 6) is 0. The van der Waals surface area contributed by atoms with E-state index in [2.05, 4.69) is 116 Å². The van der Waals surface area contributed by atoms with Gasteiger partial charge in [-0.1, -0.05) is 0 Å². The fraction of sp³-hybridized carbons (Fsp3) is 1.00. The highest BCUT2D eigenvalue weighted by atomic mass is 18.0. The first kappa shape index (κ1) is 24.0. The average Bonchev–Trinajstić information content (AvgIpc) is 2.63. The van der Waals surface area contributed by atoms with Gasteiger partial charge in [-0.15, -0.1) is 0 Å². The van der Waals surface area contributed by atoms with Gasteiger partial charge in [0.1, 0.15) is 0 Å². The summed E-state index contributed by atoms with van der Waals surface area (Å²) in [5.41, 5.74) is 0. The van der Waals surface area contributed by atoms with Crippen LogP contribution in [0.3, 0.4) is 0 Å². The Bertz CT molecular complexity index is 192. The molecule has 0 bridgehead atoms. The van der Waals surface area contributed by atoms with Crippen LogP contribution < -0.4 is 0 Å². The predicted molar refractivity (Wildman–Crippen MR) is 33.5 cm³/mol. The smallest absolute Gasteiger partial charge is 0.0745 e. The second-order valence-electron chi connectivity index (χ2n) is 1.67. The molecular formula is CH4O24. The predicted octanol–water partition coefficient (Wildman–Crippen LogP) is -1.40. The fourth-order valence-corrected chi connectivity index (χ4v) is 0.256. The molecule has 0 spiro atoms. The average molecular weight is 400 g/mol. The molecular weight excluding hydrogens is 396 g/mol. The highest BCUT2D eigenvalue weighted by Crippen LogP contribution is 1.93. The SMILES string of the molecule is COOOOOOOOOOOOOOOOOOOOOOOO. The van der Waals surface area contributed by atoms with E-state index in [1.54, 1.807) is 0 Å². The van der Waals surface area contributed by atoms with E-state index < -0.39 is 0 Å². The van der Waals surface area contributed by atoms with Crippen molar-refractivity contribution in [3.63, 3.8) is 0 Å². The molecule has 0 aliphatic carbocycles. The molecule has 0 fully saturated rings. The van der Waals surface area contributed by atoms with Crippen LogP contribution >= 0.6 is 0 Å². The molecule has 0 saturated carbocycles. The number of rotatable bonds is 22. The summed E-state index contributed by atoms with van der Waals surface area (Å²) in [6.07, 6.45) is 0. The van der Waals surface area contributed by atoms with Gasteiger partial charge in [0.25, 0.3) is 0 Å². The van der Waals surface area contributed by atoms with E-state index in [9.17, 15) is 0 Å². The van der Waals surface area contributed by atoms with Crippen LogP contribution in [0.2, 0.25) is 0 Å². The van der Waals surface area contributed by atoms with E-state index >= 15 is 0 Å². The van der Waals surface area contributed by atoms with Crippen molar-refractivity contribution in [1.29, 1.82) is 0 Å². The lowest BCUT2D eigenvalue weighted by atomic mass is 11.8. The van der Waals surface area contributed by atoms with E-state index in [0.29, 0.717) is 0 Å². The normalized spacial score (nSPS) is 11.3. The molecule has 0 aromatic carbocycles. The van der Waals surface area contributed by atoms with Crippen LogP contribution in [0.15, 0.2) is 0 Å². The summed E-state index contributed by atoms with van der Waals surface area (Å²) in [7, 11) is 1.09. The van der Waals surface area contributed by atoms with Crippen LogP contribution in [0.5, 0.6) is 0 Å². The number of hydrogen-bond acceptors (Lipinski definition) is 24. The Labute approximate surface area is 130 Å². The van der Waals surface area contributed by atoms with Gasteiger partial charge < -0.3 is 0 Å². The Morgan fingerprint density at radius 2 is 0.520 bits per heavy atom. The summed E-state index contributed by atoms with van der Waals surface area (Å²) in [6.45, 7) is 0. The highest BCUT2D eigenvalue weighted by Gasteiger charge is 2.00. The number of hydrogen-bond donors (Lipinski definition) is 1. The van der Waals surface area contributed by atoms with Crippen molar-refractivity contribution in [1.82, 2.24) is 0 Å². The topological polar surface area (TPSA) is 233 Å². The zero-order valence-corrected chi connectivity index (χ0v) is 10.8. The molecule has 24 heteroatoms. The molecule has 0 unspecified atom stereocenters. The first-order valence-electron chi connectivity index (χ1n) is 4.26. The minimum atomic E-state index is 1.09. The third kappa shape index (κ3) is 23.0. The maximum Gasteiger partial charge on any atom is 0.0745 e. The van der Waals surface area contributed by atoms with E-state index in [4.69, 9.17) is 5.26 Å². The van der Waals surface area contributed by atoms with Crippen LogP contribution in [0.1, 0.15) is 0 Å². The molecule has 152 valence electrons. The second-order valence-corrected chi connectivity index (χ2v) is 1.67. The summed E-state index contributed by atoms with van der Waals surface area (Å²) in [4.78, 5) is 3.87. The van der Waals surface area contributed by atoms with Crippen LogP contribution in [0.4, 0.5) is 0 Å². The maximum atomic E-state index is 7.52. The zero-order valence-electron chi connectivity index (χ0n) is 10.8. The third-order valence-corrected chi connectivity index (χ3v) is 0.654. The van der Waals surface area contributed by atoms with Crippen molar-refractivity contribution in [3.05, 3.63) is 0 Å². The van der Waals surface area contributed by atoms with E-state index in [-0.39, 0.29) is 0 Å². The van der Waals surface area contributed by atoms with E-state index in [1.807, 2.05) is 0 Å². The Hall–Kier alpha value is -0.960. The van der Waals surface area contributed by atoms with Crippen molar-refractivity contribution in [2.75, 3.05) is 7.11 Å². The molecule has 0 heterocycles. The molecule has 0 aromatic rings. The Morgan fingerprint density at radius 1 is 0.320 bits per heavy atom. The first-order valence-corrected chi connectivity index (χ1v) is 4.26. The van der Waals surface area contributed by atoms with Crippen molar-refractivity contribution >= 4 is 0 Å². The molecule has 0 aliphatic rings. The van der Waals surface area contributed by atoms with Crippen molar-refractivity contribution in [3.8, 4) is 0 Å². The molecule has 0 radical (unpaired) electrons.